The van der Waals surface area contributed by atoms with E-state index in [2.05, 4.69) is 5.32 Å². The highest BCUT2D eigenvalue weighted by Gasteiger charge is 2.00. The molecule has 0 saturated carbocycles. The molecule has 0 saturated heterocycles. The molecule has 0 radical (unpaired) electrons. The number of benzene rings is 1. The number of carbonyl (C=O) groups excluding carboxylic acids is 1. The average molecular weight is 219 g/mol. The third-order valence-corrected chi connectivity index (χ3v) is 1.95. The fourth-order valence-corrected chi connectivity index (χ4v) is 1.18. The summed E-state index contributed by atoms with van der Waals surface area (Å²) in [4.78, 5) is 21.4. The standard InChI is InChI=1S/C12H13NO3/c1-8(12(15)16)7-10-3-5-11(6-4-10)13-9(2)14/h3-7H,1-2H3,(H,13,14)(H,15,16). The minimum atomic E-state index is -0.939. The van der Waals surface area contributed by atoms with E-state index in [4.69, 9.17) is 5.11 Å². The summed E-state index contributed by atoms with van der Waals surface area (Å²) >= 11 is 0. The first-order valence-electron chi connectivity index (χ1n) is 4.78. The van der Waals surface area contributed by atoms with Crippen molar-refractivity contribution in [3.05, 3.63) is 35.4 Å². The Morgan fingerprint density at radius 2 is 1.75 bits per heavy atom. The first kappa shape index (κ1) is 12.0. The lowest BCUT2D eigenvalue weighted by Crippen LogP contribution is -2.05. The molecular formula is C12H13NO3. The highest BCUT2D eigenvalue weighted by molar-refractivity contribution is 5.92. The van der Waals surface area contributed by atoms with Crippen LogP contribution in [0.4, 0.5) is 5.69 Å². The van der Waals surface area contributed by atoms with Crippen LogP contribution in [-0.4, -0.2) is 17.0 Å². The van der Waals surface area contributed by atoms with Gasteiger partial charge in [-0.1, -0.05) is 12.1 Å². The first-order valence-corrected chi connectivity index (χ1v) is 4.78. The predicted molar refractivity (Wildman–Crippen MR) is 62.0 cm³/mol. The molecule has 4 nitrogen and oxygen atoms in total. The highest BCUT2D eigenvalue weighted by atomic mass is 16.4. The van der Waals surface area contributed by atoms with Gasteiger partial charge in [-0.25, -0.2) is 4.79 Å². The van der Waals surface area contributed by atoms with Gasteiger partial charge >= 0.3 is 5.97 Å². The largest absolute Gasteiger partial charge is 0.478 e. The van der Waals surface area contributed by atoms with Crippen LogP contribution in [0.15, 0.2) is 29.8 Å². The molecule has 1 rings (SSSR count). The first-order chi connectivity index (χ1) is 7.49. The Hall–Kier alpha value is -2.10. The quantitative estimate of drug-likeness (QED) is 0.765. The summed E-state index contributed by atoms with van der Waals surface area (Å²) in [5.74, 6) is -1.07. The molecular weight excluding hydrogens is 206 g/mol. The van der Waals surface area contributed by atoms with E-state index >= 15 is 0 Å². The minimum Gasteiger partial charge on any atom is -0.478 e. The molecule has 1 aromatic carbocycles. The van der Waals surface area contributed by atoms with E-state index in [9.17, 15) is 9.59 Å². The summed E-state index contributed by atoms with van der Waals surface area (Å²) in [7, 11) is 0. The maximum absolute atomic E-state index is 10.8. The van der Waals surface area contributed by atoms with Gasteiger partial charge in [0.1, 0.15) is 0 Å². The molecule has 0 fully saturated rings. The van der Waals surface area contributed by atoms with Crippen molar-refractivity contribution in [2.24, 2.45) is 0 Å². The van der Waals surface area contributed by atoms with E-state index < -0.39 is 5.97 Å². The van der Waals surface area contributed by atoms with E-state index in [1.807, 2.05) is 0 Å². The maximum Gasteiger partial charge on any atom is 0.331 e. The summed E-state index contributed by atoms with van der Waals surface area (Å²) < 4.78 is 0. The Morgan fingerprint density at radius 3 is 2.19 bits per heavy atom. The molecule has 1 aromatic rings. The lowest BCUT2D eigenvalue weighted by molar-refractivity contribution is -0.132. The van der Waals surface area contributed by atoms with Crippen molar-refractivity contribution in [2.75, 3.05) is 5.32 Å². The topological polar surface area (TPSA) is 66.4 Å². The third kappa shape index (κ3) is 3.57. The van der Waals surface area contributed by atoms with Gasteiger partial charge in [-0.3, -0.25) is 4.79 Å². The number of carbonyl (C=O) groups is 2. The Balaban J connectivity index is 2.83. The Kier molecular flexibility index (Phi) is 3.83. The normalized spacial score (nSPS) is 11.0. The van der Waals surface area contributed by atoms with Gasteiger partial charge in [0.2, 0.25) is 5.91 Å². The monoisotopic (exact) mass is 219 g/mol. The van der Waals surface area contributed by atoms with Crippen LogP contribution in [-0.2, 0) is 9.59 Å². The molecule has 0 aliphatic rings. The SMILES string of the molecule is CC(=O)Nc1ccc(C=C(C)C(=O)O)cc1. The molecule has 1 amide bonds. The van der Waals surface area contributed by atoms with Crippen molar-refractivity contribution >= 4 is 23.6 Å². The third-order valence-electron chi connectivity index (χ3n) is 1.95. The van der Waals surface area contributed by atoms with Crippen molar-refractivity contribution < 1.29 is 14.7 Å². The number of nitrogens with one attached hydrogen (secondary N) is 1. The van der Waals surface area contributed by atoms with Gasteiger partial charge in [-0.15, -0.1) is 0 Å². The number of aliphatic carboxylic acids is 1. The minimum absolute atomic E-state index is 0.134. The summed E-state index contributed by atoms with van der Waals surface area (Å²) in [5.41, 5.74) is 1.75. The Bertz CT molecular complexity index is 432. The molecule has 0 atom stereocenters. The lowest BCUT2D eigenvalue weighted by Gasteiger charge is -2.02. The summed E-state index contributed by atoms with van der Waals surface area (Å²) in [6.07, 6.45) is 1.57. The van der Waals surface area contributed by atoms with Gasteiger partial charge in [0.15, 0.2) is 0 Å². The number of carboxylic acid groups (broad SMARTS) is 1. The van der Waals surface area contributed by atoms with Gasteiger partial charge < -0.3 is 10.4 Å². The number of anilines is 1. The van der Waals surface area contributed by atoms with Crippen molar-refractivity contribution in [2.45, 2.75) is 13.8 Å². The maximum atomic E-state index is 10.8. The molecule has 0 spiro atoms. The van der Waals surface area contributed by atoms with Gasteiger partial charge in [0.25, 0.3) is 0 Å². The van der Waals surface area contributed by atoms with Crippen LogP contribution in [0.5, 0.6) is 0 Å². The van der Waals surface area contributed by atoms with E-state index in [1.165, 1.54) is 13.8 Å². The van der Waals surface area contributed by atoms with Gasteiger partial charge in [0, 0.05) is 18.2 Å². The van der Waals surface area contributed by atoms with E-state index in [0.717, 1.165) is 5.56 Å². The highest BCUT2D eigenvalue weighted by Crippen LogP contribution is 2.12. The predicted octanol–water partition coefficient (Wildman–Crippen LogP) is 2.13. The molecule has 0 aliphatic carbocycles. The van der Waals surface area contributed by atoms with E-state index in [-0.39, 0.29) is 11.5 Å². The number of rotatable bonds is 3. The Labute approximate surface area is 93.6 Å². The van der Waals surface area contributed by atoms with E-state index in [1.54, 1.807) is 30.3 Å². The number of hydrogen-bond donors (Lipinski definition) is 2. The van der Waals surface area contributed by atoms with Gasteiger partial charge in [-0.2, -0.15) is 0 Å². The smallest absolute Gasteiger partial charge is 0.331 e. The second-order valence-electron chi connectivity index (χ2n) is 3.44. The molecule has 2 N–H and O–H groups in total. The van der Waals surface area contributed by atoms with E-state index in [0.29, 0.717) is 5.69 Å². The zero-order chi connectivity index (χ0) is 12.1. The molecule has 0 aromatic heterocycles. The molecule has 84 valence electrons. The zero-order valence-electron chi connectivity index (χ0n) is 9.15. The second-order valence-corrected chi connectivity index (χ2v) is 3.44. The number of carboxylic acids is 1. The number of amides is 1. The average Bonchev–Trinajstić information content (AvgIpc) is 2.20. The fraction of sp³-hybridized carbons (Fsp3) is 0.167. The Morgan fingerprint density at radius 1 is 1.19 bits per heavy atom. The molecule has 16 heavy (non-hydrogen) atoms. The molecule has 0 unspecified atom stereocenters. The van der Waals surface area contributed by atoms with Crippen molar-refractivity contribution in [1.82, 2.24) is 0 Å². The molecule has 0 heterocycles. The van der Waals surface area contributed by atoms with Crippen LogP contribution in [0.25, 0.3) is 6.08 Å². The summed E-state index contributed by atoms with van der Waals surface area (Å²) in [6, 6.07) is 6.94. The summed E-state index contributed by atoms with van der Waals surface area (Å²) in [6.45, 7) is 2.96. The van der Waals surface area contributed by atoms with Gasteiger partial charge in [-0.05, 0) is 30.7 Å². The number of hydrogen-bond acceptors (Lipinski definition) is 2. The summed E-state index contributed by atoms with van der Waals surface area (Å²) in [5, 5.41) is 11.3. The van der Waals surface area contributed by atoms with Crippen LogP contribution in [0.3, 0.4) is 0 Å². The van der Waals surface area contributed by atoms with Crippen LogP contribution >= 0.6 is 0 Å². The van der Waals surface area contributed by atoms with Crippen molar-refractivity contribution in [3.8, 4) is 0 Å². The van der Waals surface area contributed by atoms with Crippen LogP contribution in [0, 0.1) is 0 Å². The lowest BCUT2D eigenvalue weighted by atomic mass is 10.1. The van der Waals surface area contributed by atoms with Gasteiger partial charge in [0.05, 0.1) is 0 Å². The zero-order valence-corrected chi connectivity index (χ0v) is 9.15. The van der Waals surface area contributed by atoms with Crippen LogP contribution in [0.2, 0.25) is 0 Å². The fourth-order valence-electron chi connectivity index (χ4n) is 1.18. The second kappa shape index (κ2) is 5.11. The van der Waals surface area contributed by atoms with Crippen molar-refractivity contribution in [3.63, 3.8) is 0 Å². The molecule has 0 bridgehead atoms. The van der Waals surface area contributed by atoms with Crippen molar-refractivity contribution in [1.29, 1.82) is 0 Å². The van der Waals surface area contributed by atoms with Crippen LogP contribution in [0.1, 0.15) is 19.4 Å². The molecule has 4 heteroatoms. The van der Waals surface area contributed by atoms with Crippen LogP contribution < -0.4 is 5.32 Å². The molecule has 0 aliphatic heterocycles.